The number of hydrogen-bond donors (Lipinski definition) is 2. The van der Waals surface area contributed by atoms with E-state index in [2.05, 4.69) is 15.7 Å². The van der Waals surface area contributed by atoms with Gasteiger partial charge in [0.2, 0.25) is 15.9 Å². The first-order chi connectivity index (χ1) is 15.1. The maximum atomic E-state index is 13.2. The molecule has 0 aliphatic rings. The molecule has 0 aliphatic carbocycles. The van der Waals surface area contributed by atoms with E-state index in [1.54, 1.807) is 38.1 Å². The van der Waals surface area contributed by atoms with Crippen molar-refractivity contribution in [3.05, 3.63) is 41.2 Å². The van der Waals surface area contributed by atoms with Gasteiger partial charge in [-0.3, -0.25) is 14.3 Å². The first-order valence-electron chi connectivity index (χ1n) is 10.9. The van der Waals surface area contributed by atoms with Crippen molar-refractivity contribution in [2.24, 2.45) is 0 Å². The Morgan fingerprint density at radius 1 is 1.09 bits per heavy atom. The van der Waals surface area contributed by atoms with Gasteiger partial charge >= 0.3 is 0 Å². The highest BCUT2D eigenvalue weighted by Gasteiger charge is 2.30. The third kappa shape index (κ3) is 5.95. The van der Waals surface area contributed by atoms with Crippen LogP contribution >= 0.6 is 0 Å². The van der Waals surface area contributed by atoms with Crippen molar-refractivity contribution in [2.75, 3.05) is 25.0 Å². The summed E-state index contributed by atoms with van der Waals surface area (Å²) < 4.78 is 29.3. The van der Waals surface area contributed by atoms with E-state index >= 15 is 0 Å². The maximum absolute atomic E-state index is 13.2. The molecule has 0 aliphatic heterocycles. The van der Waals surface area contributed by atoms with E-state index in [9.17, 15) is 18.0 Å². The minimum atomic E-state index is -3.71. The second-order valence-corrected chi connectivity index (χ2v) is 9.42. The molecule has 2 aromatic rings. The quantitative estimate of drug-likeness (QED) is 0.532. The number of nitrogens with zero attached hydrogens (tertiary/aromatic N) is 3. The Kier molecular flexibility index (Phi) is 8.97. The number of carbonyl (C=O) groups is 2. The topological polar surface area (TPSA) is 113 Å². The number of hydrogen-bond acceptors (Lipinski definition) is 5. The zero-order valence-corrected chi connectivity index (χ0v) is 20.3. The van der Waals surface area contributed by atoms with Gasteiger partial charge in [0.1, 0.15) is 11.4 Å². The zero-order chi connectivity index (χ0) is 23.9. The molecule has 0 bridgehead atoms. The van der Waals surface area contributed by atoms with E-state index in [0.717, 1.165) is 0 Å². The van der Waals surface area contributed by atoms with E-state index in [-0.39, 0.29) is 23.3 Å². The van der Waals surface area contributed by atoms with Crippen molar-refractivity contribution >= 4 is 27.5 Å². The van der Waals surface area contributed by atoms with Crippen molar-refractivity contribution in [3.8, 4) is 0 Å². The number of nitrogens with one attached hydrogen (secondary N) is 2. The predicted molar refractivity (Wildman–Crippen MR) is 124 cm³/mol. The van der Waals surface area contributed by atoms with Crippen molar-refractivity contribution in [3.63, 3.8) is 0 Å². The Morgan fingerprint density at radius 3 is 2.34 bits per heavy atom. The highest BCUT2D eigenvalue weighted by atomic mass is 32.2. The van der Waals surface area contributed by atoms with E-state index < -0.39 is 10.0 Å². The molecule has 2 amide bonds. The fraction of sp³-hybridized carbons (Fsp3) is 0.500. The van der Waals surface area contributed by atoms with E-state index in [0.29, 0.717) is 55.1 Å². The first-order valence-corrected chi connectivity index (χ1v) is 12.3. The lowest BCUT2D eigenvalue weighted by Crippen LogP contribution is -2.33. The molecular formula is C22H33N5O4S. The minimum absolute atomic E-state index is 0.144. The van der Waals surface area contributed by atoms with Gasteiger partial charge in [0, 0.05) is 30.9 Å². The number of rotatable bonds is 11. The summed E-state index contributed by atoms with van der Waals surface area (Å²) in [6.07, 6.45) is 1.42. The molecule has 10 heteroatoms. The van der Waals surface area contributed by atoms with Crippen LogP contribution in [-0.2, 0) is 21.4 Å². The van der Waals surface area contributed by atoms with Gasteiger partial charge in [-0.1, -0.05) is 19.9 Å². The number of amides is 2. The van der Waals surface area contributed by atoms with E-state index in [1.807, 2.05) is 20.8 Å². The van der Waals surface area contributed by atoms with Gasteiger partial charge in [0.05, 0.1) is 11.4 Å². The number of aryl methyl sites for hydroxylation is 1. The highest BCUT2D eigenvalue weighted by molar-refractivity contribution is 7.89. The summed E-state index contributed by atoms with van der Waals surface area (Å²) in [5, 5.41) is 9.78. The molecule has 0 saturated carbocycles. The van der Waals surface area contributed by atoms with Crippen LogP contribution in [0, 0.1) is 13.8 Å². The molecule has 1 aromatic carbocycles. The molecule has 9 nitrogen and oxygen atoms in total. The number of sulfonamides is 1. The second-order valence-electron chi connectivity index (χ2n) is 7.55. The predicted octanol–water partition coefficient (Wildman–Crippen LogP) is 2.70. The molecule has 0 atom stereocenters. The van der Waals surface area contributed by atoms with Crippen molar-refractivity contribution in [1.29, 1.82) is 0 Å². The summed E-state index contributed by atoms with van der Waals surface area (Å²) in [6.45, 7) is 10.2. The lowest BCUT2D eigenvalue weighted by Gasteiger charge is -2.21. The SMILES string of the molecule is CCCN(CCC)S(=O)(=O)c1c(C)nn(CC(=O)Nc2cccc(C(=O)NCC)c2)c1C. The molecule has 176 valence electrons. The fourth-order valence-electron chi connectivity index (χ4n) is 3.53. The number of anilines is 1. The normalized spacial score (nSPS) is 11.6. The van der Waals surface area contributed by atoms with Gasteiger partial charge in [-0.25, -0.2) is 8.42 Å². The Hall–Kier alpha value is -2.72. The Morgan fingerprint density at radius 2 is 1.75 bits per heavy atom. The molecule has 2 rings (SSSR count). The largest absolute Gasteiger partial charge is 0.352 e. The second kappa shape index (κ2) is 11.2. The van der Waals surface area contributed by atoms with Crippen molar-refractivity contribution < 1.29 is 18.0 Å². The number of aromatic nitrogens is 2. The zero-order valence-electron chi connectivity index (χ0n) is 19.4. The summed E-state index contributed by atoms with van der Waals surface area (Å²) in [4.78, 5) is 24.8. The molecule has 0 unspecified atom stereocenters. The molecule has 1 heterocycles. The van der Waals surface area contributed by atoms with Gasteiger partial charge < -0.3 is 10.6 Å². The number of carbonyl (C=O) groups excluding carboxylic acids is 2. The monoisotopic (exact) mass is 463 g/mol. The van der Waals surface area contributed by atoms with Crippen molar-refractivity contribution in [1.82, 2.24) is 19.4 Å². The summed E-state index contributed by atoms with van der Waals surface area (Å²) in [5.74, 6) is -0.590. The van der Waals surface area contributed by atoms with E-state index in [4.69, 9.17) is 0 Å². The van der Waals surface area contributed by atoms with Crippen LogP contribution in [0.25, 0.3) is 0 Å². The van der Waals surface area contributed by atoms with Crippen LogP contribution < -0.4 is 10.6 Å². The van der Waals surface area contributed by atoms with Gasteiger partial charge in [-0.15, -0.1) is 0 Å². The van der Waals surface area contributed by atoms with E-state index in [1.165, 1.54) is 8.99 Å². The van der Waals surface area contributed by atoms with Crippen LogP contribution in [0.5, 0.6) is 0 Å². The summed E-state index contributed by atoms with van der Waals surface area (Å²) in [7, 11) is -3.71. The van der Waals surface area contributed by atoms with Crippen LogP contribution in [0.2, 0.25) is 0 Å². The van der Waals surface area contributed by atoms with Crippen molar-refractivity contribution in [2.45, 2.75) is 58.9 Å². The van der Waals surface area contributed by atoms with Crippen LogP contribution in [0.4, 0.5) is 5.69 Å². The molecular weight excluding hydrogens is 430 g/mol. The third-order valence-electron chi connectivity index (χ3n) is 4.90. The van der Waals surface area contributed by atoms with Gasteiger partial charge in [-0.2, -0.15) is 9.40 Å². The maximum Gasteiger partial charge on any atom is 0.251 e. The summed E-state index contributed by atoms with van der Waals surface area (Å²) in [5.41, 5.74) is 1.71. The molecule has 1 aromatic heterocycles. The van der Waals surface area contributed by atoms with Gasteiger partial charge in [0.25, 0.3) is 5.91 Å². The average Bonchev–Trinajstić information content (AvgIpc) is 3.01. The average molecular weight is 464 g/mol. The Bertz CT molecular complexity index is 1060. The molecule has 0 radical (unpaired) electrons. The van der Waals surface area contributed by atoms with Crippen LogP contribution in [-0.4, -0.2) is 54.0 Å². The Balaban J connectivity index is 2.22. The Labute approximate surface area is 190 Å². The highest BCUT2D eigenvalue weighted by Crippen LogP contribution is 2.24. The first kappa shape index (κ1) is 25.5. The minimum Gasteiger partial charge on any atom is -0.352 e. The smallest absolute Gasteiger partial charge is 0.251 e. The van der Waals surface area contributed by atoms with Crippen LogP contribution in [0.1, 0.15) is 55.4 Å². The summed E-state index contributed by atoms with van der Waals surface area (Å²) >= 11 is 0. The van der Waals surface area contributed by atoms with Crippen LogP contribution in [0.3, 0.4) is 0 Å². The third-order valence-corrected chi connectivity index (χ3v) is 7.05. The molecule has 2 N–H and O–H groups in total. The molecule has 0 spiro atoms. The van der Waals surface area contributed by atoms with Crippen LogP contribution in [0.15, 0.2) is 29.2 Å². The fourth-order valence-corrected chi connectivity index (χ4v) is 5.52. The lowest BCUT2D eigenvalue weighted by atomic mass is 10.2. The molecule has 32 heavy (non-hydrogen) atoms. The standard InChI is InChI=1S/C22H33N5O4S/c1-6-12-26(13-7-2)32(30,31)21-16(4)25-27(17(21)5)15-20(28)24-19-11-9-10-18(14-19)22(29)23-8-3/h9-11,14H,6-8,12-13,15H2,1-5H3,(H,23,29)(H,24,28). The van der Waals surface area contributed by atoms with Gasteiger partial charge in [-0.05, 0) is 51.8 Å². The molecule has 0 fully saturated rings. The summed E-state index contributed by atoms with van der Waals surface area (Å²) in [6, 6.07) is 6.62. The number of benzene rings is 1. The molecule has 0 saturated heterocycles. The lowest BCUT2D eigenvalue weighted by molar-refractivity contribution is -0.116. The van der Waals surface area contributed by atoms with Gasteiger partial charge in [0.15, 0.2) is 0 Å².